The van der Waals surface area contributed by atoms with Crippen molar-refractivity contribution >= 4 is 11.4 Å². The quantitative estimate of drug-likeness (QED) is 0.491. The Hall–Kier alpha value is -3.21. The number of aromatic nitrogens is 6. The van der Waals surface area contributed by atoms with Gasteiger partial charge in [0.25, 0.3) is 6.43 Å². The summed E-state index contributed by atoms with van der Waals surface area (Å²) < 4.78 is 26.2. The van der Waals surface area contributed by atoms with Gasteiger partial charge in [0.2, 0.25) is 5.82 Å². The van der Waals surface area contributed by atoms with E-state index in [0.29, 0.717) is 23.0 Å². The van der Waals surface area contributed by atoms with Gasteiger partial charge in [0.15, 0.2) is 0 Å². The summed E-state index contributed by atoms with van der Waals surface area (Å²) in [6.07, 6.45) is 0.0409. The Balaban J connectivity index is 1.66. The van der Waals surface area contributed by atoms with Crippen LogP contribution in [0, 0.1) is 5.92 Å². The molecule has 1 saturated heterocycles. The molecule has 0 unspecified atom stereocenters. The molecule has 9 nitrogen and oxygen atoms in total. The van der Waals surface area contributed by atoms with Gasteiger partial charge in [-0.05, 0) is 54.3 Å². The number of benzene rings is 1. The number of nitrogens with zero attached hydrogens (tertiary/aromatic N) is 7. The van der Waals surface area contributed by atoms with E-state index in [4.69, 9.17) is 0 Å². The van der Waals surface area contributed by atoms with Crippen molar-refractivity contribution in [3.05, 3.63) is 41.7 Å². The van der Waals surface area contributed by atoms with Crippen LogP contribution < -0.4 is 10.2 Å². The van der Waals surface area contributed by atoms with Crippen molar-refractivity contribution in [1.29, 1.82) is 0 Å². The van der Waals surface area contributed by atoms with Gasteiger partial charge in [0.1, 0.15) is 0 Å². The Kier molecular flexibility index (Phi) is 7.61. The Labute approximate surface area is 198 Å². The molecule has 1 atom stereocenters. The van der Waals surface area contributed by atoms with Crippen molar-refractivity contribution in [2.24, 2.45) is 5.92 Å². The number of nitrogens with one attached hydrogen (secondary N) is 2. The molecule has 0 radical (unpaired) electrons. The number of H-pyrrole nitrogens is 1. The van der Waals surface area contributed by atoms with Gasteiger partial charge in [-0.25, -0.2) is 8.78 Å². The highest BCUT2D eigenvalue weighted by Gasteiger charge is 2.28. The number of piperazine rings is 1. The zero-order valence-corrected chi connectivity index (χ0v) is 19.7. The van der Waals surface area contributed by atoms with Gasteiger partial charge in [0.05, 0.1) is 23.5 Å². The number of hydrogen-bond acceptors (Lipinski definition) is 8. The normalized spacial score (nSPS) is 17.0. The minimum Gasteiger partial charge on any atom is -0.379 e. The van der Waals surface area contributed by atoms with Crippen LogP contribution in [0.15, 0.2) is 30.5 Å². The molecule has 0 amide bonds. The first kappa shape index (κ1) is 23.9. The third-order valence-corrected chi connectivity index (χ3v) is 5.94. The minimum absolute atomic E-state index is 0.250. The van der Waals surface area contributed by atoms with Crippen LogP contribution in [0.3, 0.4) is 0 Å². The summed E-state index contributed by atoms with van der Waals surface area (Å²) in [6.45, 7) is 9.13. The lowest BCUT2D eigenvalue weighted by molar-refractivity contribution is 0.163. The van der Waals surface area contributed by atoms with Crippen molar-refractivity contribution < 1.29 is 8.78 Å². The summed E-state index contributed by atoms with van der Waals surface area (Å²) >= 11 is 0. The topological polar surface area (TPSA) is 98.8 Å². The maximum Gasteiger partial charge on any atom is 0.255 e. The smallest absolute Gasteiger partial charge is 0.255 e. The zero-order valence-electron chi connectivity index (χ0n) is 19.7. The van der Waals surface area contributed by atoms with Crippen LogP contribution in [0.5, 0.6) is 0 Å². The van der Waals surface area contributed by atoms with E-state index in [0.717, 1.165) is 49.5 Å². The highest BCUT2D eigenvalue weighted by Crippen LogP contribution is 2.38. The molecular formula is C23H31F2N9. The third-order valence-electron chi connectivity index (χ3n) is 5.94. The summed E-state index contributed by atoms with van der Waals surface area (Å²) in [7, 11) is 0. The van der Waals surface area contributed by atoms with Crippen LogP contribution >= 0.6 is 0 Å². The van der Waals surface area contributed by atoms with E-state index in [2.05, 4.69) is 72.8 Å². The molecule has 0 saturated carbocycles. The largest absolute Gasteiger partial charge is 0.379 e. The van der Waals surface area contributed by atoms with E-state index in [-0.39, 0.29) is 6.04 Å². The molecule has 34 heavy (non-hydrogen) atoms. The first-order chi connectivity index (χ1) is 16.4. The molecule has 11 heteroatoms. The number of rotatable bonds is 9. The van der Waals surface area contributed by atoms with E-state index in [1.54, 1.807) is 6.20 Å². The maximum absolute atomic E-state index is 13.1. The van der Waals surface area contributed by atoms with Crippen LogP contribution in [0.4, 0.5) is 20.2 Å². The highest BCUT2D eigenvalue weighted by atomic mass is 19.3. The number of alkyl halides is 2. The van der Waals surface area contributed by atoms with Crippen molar-refractivity contribution in [3.8, 4) is 11.4 Å². The van der Waals surface area contributed by atoms with Crippen molar-refractivity contribution in [3.63, 3.8) is 0 Å². The SMILES string of the molecule is CC(C)Cc1cc(NCC(F)F)c(-c2nn[nH]n2)c(N2CCN(Cc3cccnn3)[C@@H](C)C2)c1. The second-order valence-electron chi connectivity index (χ2n) is 9.12. The molecule has 4 rings (SSSR count). The van der Waals surface area contributed by atoms with E-state index in [1.807, 2.05) is 18.2 Å². The lowest BCUT2D eigenvalue weighted by Crippen LogP contribution is -2.51. The Morgan fingerprint density at radius 3 is 2.71 bits per heavy atom. The summed E-state index contributed by atoms with van der Waals surface area (Å²) in [5, 5.41) is 25.7. The standard InChI is InChI=1S/C23H31F2N9/c1-15(2)9-17-10-19(26-12-21(24)25)22(23-29-31-32-30-23)20(11-17)34-8-7-33(16(3)13-34)14-18-5-4-6-27-28-18/h4-6,10-11,15-16,21,26H,7-9,12-14H2,1-3H3,(H,29,30,31,32)/t16-/m0/s1. The van der Waals surface area contributed by atoms with Crippen LogP contribution in [-0.4, -0.2) is 74.4 Å². The lowest BCUT2D eigenvalue weighted by Gasteiger charge is -2.41. The number of tetrazole rings is 1. The summed E-state index contributed by atoms with van der Waals surface area (Å²) in [6, 6.07) is 8.21. The fourth-order valence-corrected chi connectivity index (χ4v) is 4.43. The minimum atomic E-state index is -2.47. The average molecular weight is 472 g/mol. The van der Waals surface area contributed by atoms with E-state index in [1.165, 1.54) is 0 Å². The van der Waals surface area contributed by atoms with E-state index < -0.39 is 13.0 Å². The number of anilines is 2. The zero-order chi connectivity index (χ0) is 24.1. The van der Waals surface area contributed by atoms with Gasteiger partial charge in [-0.3, -0.25) is 4.90 Å². The number of hydrogen-bond donors (Lipinski definition) is 2. The molecule has 2 aromatic heterocycles. The van der Waals surface area contributed by atoms with Crippen LogP contribution in [0.25, 0.3) is 11.4 Å². The predicted octanol–water partition coefficient (Wildman–Crippen LogP) is 3.24. The van der Waals surface area contributed by atoms with Gasteiger partial charge in [-0.2, -0.15) is 15.4 Å². The van der Waals surface area contributed by atoms with Gasteiger partial charge in [0, 0.05) is 44.1 Å². The molecule has 2 N–H and O–H groups in total. The predicted molar refractivity (Wildman–Crippen MR) is 127 cm³/mol. The second kappa shape index (κ2) is 10.8. The monoisotopic (exact) mass is 471 g/mol. The maximum atomic E-state index is 13.1. The molecule has 0 spiro atoms. The molecule has 1 fully saturated rings. The summed E-state index contributed by atoms with van der Waals surface area (Å²) in [5.41, 5.74) is 4.25. The summed E-state index contributed by atoms with van der Waals surface area (Å²) in [5.74, 6) is 0.812. The van der Waals surface area contributed by atoms with Crippen molar-refractivity contribution in [1.82, 2.24) is 35.7 Å². The first-order valence-electron chi connectivity index (χ1n) is 11.6. The molecule has 0 bridgehead atoms. The Morgan fingerprint density at radius 1 is 1.21 bits per heavy atom. The molecule has 0 aliphatic carbocycles. The molecule has 3 heterocycles. The van der Waals surface area contributed by atoms with Gasteiger partial charge < -0.3 is 10.2 Å². The fourth-order valence-electron chi connectivity index (χ4n) is 4.43. The number of halogens is 2. The van der Waals surface area contributed by atoms with Crippen molar-refractivity contribution in [2.75, 3.05) is 36.4 Å². The van der Waals surface area contributed by atoms with Gasteiger partial charge in [-0.15, -0.1) is 10.2 Å². The molecule has 1 aromatic carbocycles. The first-order valence-corrected chi connectivity index (χ1v) is 11.6. The van der Waals surface area contributed by atoms with Crippen LogP contribution in [-0.2, 0) is 13.0 Å². The summed E-state index contributed by atoms with van der Waals surface area (Å²) in [4.78, 5) is 4.67. The number of aromatic amines is 1. The molecule has 1 aliphatic heterocycles. The van der Waals surface area contributed by atoms with E-state index in [9.17, 15) is 8.78 Å². The fraction of sp³-hybridized carbons (Fsp3) is 0.522. The van der Waals surface area contributed by atoms with Crippen molar-refractivity contribution in [2.45, 2.75) is 46.2 Å². The Morgan fingerprint density at radius 2 is 2.06 bits per heavy atom. The average Bonchev–Trinajstić information content (AvgIpc) is 3.33. The molecule has 1 aliphatic rings. The lowest BCUT2D eigenvalue weighted by atomic mass is 9.97. The van der Waals surface area contributed by atoms with Crippen LogP contribution in [0.1, 0.15) is 32.0 Å². The molecule has 182 valence electrons. The third kappa shape index (κ3) is 5.82. The molecule has 3 aromatic rings. The highest BCUT2D eigenvalue weighted by molar-refractivity contribution is 5.87. The Bertz CT molecular complexity index is 1040. The van der Waals surface area contributed by atoms with Gasteiger partial charge in [-0.1, -0.05) is 13.8 Å². The van der Waals surface area contributed by atoms with Gasteiger partial charge >= 0.3 is 0 Å². The second-order valence-corrected chi connectivity index (χ2v) is 9.12. The van der Waals surface area contributed by atoms with E-state index >= 15 is 0 Å². The van der Waals surface area contributed by atoms with Crippen LogP contribution in [0.2, 0.25) is 0 Å². The molecular weight excluding hydrogens is 440 g/mol.